The minimum Gasteiger partial charge on any atom is -0.532 e. The van der Waals surface area contributed by atoms with Gasteiger partial charge in [-0.25, -0.2) is 13.5 Å². The zero-order valence-corrected chi connectivity index (χ0v) is 45.8. The third kappa shape index (κ3) is 47.5. The average molecular weight is 1120 g/mol. The summed E-state index contributed by atoms with van der Waals surface area (Å²) in [7, 11) is 0. The number of amides is 1. The standard InChI is InChI=1S/C32H54NO9.C11H21O.C10H19O2.W/c1-5-7-9-11-13-15-17-30(36)40-23-27(19-31(37)39-18-16-14-12-10-8-6-2)20-32(38)41-24-28-21-29(42-26(4)35)22-33(28)25(3)34;1-4-5-6-7-8-9-10-12-11(2)3;1-3-4-5-6-7-8-9-12-10(2)11;/h27-29H,4-24H2,1-3H3;2-10H2,1H3;2-9H2,1H3;/q3*-1;. The molecule has 0 aromatic heterocycles. The zero-order chi connectivity index (χ0) is 49.6. The maximum atomic E-state index is 12.7. The summed E-state index contributed by atoms with van der Waals surface area (Å²) in [5.74, 6) is -2.68. The van der Waals surface area contributed by atoms with E-state index < -0.39 is 41.9 Å². The van der Waals surface area contributed by atoms with Crippen molar-refractivity contribution in [3.63, 3.8) is 0 Å². The third-order valence-corrected chi connectivity index (χ3v) is 11.0. The summed E-state index contributed by atoms with van der Waals surface area (Å²) < 4.78 is 31.2. The summed E-state index contributed by atoms with van der Waals surface area (Å²) in [5.41, 5.74) is 0. The molecule has 1 aliphatic heterocycles. The molecule has 0 bridgehead atoms. The largest absolute Gasteiger partial charge is 0.532 e. The number of unbranched alkanes of at least 4 members (excludes halogenated alkanes) is 20. The smallest absolute Gasteiger partial charge is 0.306 e. The van der Waals surface area contributed by atoms with Gasteiger partial charge in [0.25, 0.3) is 0 Å². The molecule has 1 heterocycles. The van der Waals surface area contributed by atoms with E-state index >= 15 is 0 Å². The van der Waals surface area contributed by atoms with Crippen molar-refractivity contribution < 1.29 is 78.3 Å². The van der Waals surface area contributed by atoms with Crippen molar-refractivity contribution in [3.05, 3.63) is 33.1 Å². The Bertz CT molecular complexity index is 1240. The minimum absolute atomic E-state index is 0. The van der Waals surface area contributed by atoms with Crippen molar-refractivity contribution in [1.29, 1.82) is 0 Å². The van der Waals surface area contributed by atoms with E-state index in [4.69, 9.17) is 28.4 Å². The molecule has 3 unspecified atom stereocenters. The Balaban J connectivity index is -0.00000133. The Hall–Kier alpha value is -3.34. The molecular weight excluding hydrogens is 1030 g/mol. The molecule has 392 valence electrons. The molecule has 1 rings (SSSR count). The van der Waals surface area contributed by atoms with Crippen LogP contribution in [-0.4, -0.2) is 92.4 Å². The quantitative estimate of drug-likeness (QED) is 0.0189. The van der Waals surface area contributed by atoms with E-state index in [1.807, 2.05) is 0 Å². The number of carbonyl (C=O) groups excluding carboxylic acids is 6. The summed E-state index contributed by atoms with van der Waals surface area (Å²) in [6, 6.07) is -0.438. The second-order valence-electron chi connectivity index (χ2n) is 17.5. The van der Waals surface area contributed by atoms with Crippen LogP contribution in [0.3, 0.4) is 0 Å². The number of esters is 5. The summed E-state index contributed by atoms with van der Waals surface area (Å²) in [4.78, 5) is 72.6. The number of likely N-dealkylation sites (tertiary alicyclic amines) is 1. The molecule has 67 heavy (non-hydrogen) atoms. The van der Waals surface area contributed by atoms with Gasteiger partial charge in [-0.1, -0.05) is 162 Å². The van der Waals surface area contributed by atoms with Crippen molar-refractivity contribution >= 4 is 35.8 Å². The van der Waals surface area contributed by atoms with Gasteiger partial charge in [0, 0.05) is 46.7 Å². The van der Waals surface area contributed by atoms with Crippen LogP contribution in [0.2, 0.25) is 0 Å². The van der Waals surface area contributed by atoms with Gasteiger partial charge >= 0.3 is 17.9 Å². The van der Waals surface area contributed by atoms with E-state index in [0.29, 0.717) is 31.8 Å². The molecule has 1 amide bonds. The van der Waals surface area contributed by atoms with Crippen LogP contribution in [0, 0.1) is 26.7 Å². The Labute approximate surface area is 422 Å². The number of carbonyl (C=O) groups is 6. The summed E-state index contributed by atoms with van der Waals surface area (Å²) in [5, 5.41) is 0. The van der Waals surface area contributed by atoms with Crippen molar-refractivity contribution in [1.82, 2.24) is 4.90 Å². The van der Waals surface area contributed by atoms with E-state index in [-0.39, 0.29) is 65.5 Å². The molecule has 0 aromatic rings. The number of allylic oxidation sites excluding steroid dienone is 1. The third-order valence-electron chi connectivity index (χ3n) is 11.0. The van der Waals surface area contributed by atoms with Crippen molar-refractivity contribution in [2.45, 2.75) is 227 Å². The maximum Gasteiger partial charge on any atom is 0.306 e. The first kappa shape index (κ1) is 67.9. The van der Waals surface area contributed by atoms with Gasteiger partial charge in [0.05, 0.1) is 51.9 Å². The Morgan fingerprint density at radius 2 is 0.955 bits per heavy atom. The van der Waals surface area contributed by atoms with Gasteiger partial charge in [-0.05, 0) is 25.7 Å². The van der Waals surface area contributed by atoms with E-state index in [1.165, 1.54) is 95.3 Å². The van der Waals surface area contributed by atoms with Crippen LogP contribution in [0.4, 0.5) is 0 Å². The fourth-order valence-corrected chi connectivity index (χ4v) is 7.23. The van der Waals surface area contributed by atoms with Gasteiger partial charge in [-0.2, -0.15) is 0 Å². The molecule has 0 N–H and O–H groups in total. The average Bonchev–Trinajstić information content (AvgIpc) is 3.67. The number of rotatable bonds is 38. The fourth-order valence-electron chi connectivity index (χ4n) is 7.23. The molecule has 3 atom stereocenters. The van der Waals surface area contributed by atoms with E-state index in [0.717, 1.165) is 77.2 Å². The SMILES string of the molecule is C=C([CH2-])OCCCCCCCC.[CH2-]C(=O)OC1CC(COC(=O)CC(COC(=O)CCCCCCCC)CC(=O)OCCCCCCCC)N(C(C)=O)C1.[CH2-]C(=O)OCCCCCCCC.[W]. The first-order valence-electron chi connectivity index (χ1n) is 25.6. The van der Waals surface area contributed by atoms with Crippen LogP contribution in [0.15, 0.2) is 12.3 Å². The van der Waals surface area contributed by atoms with Gasteiger partial charge < -0.3 is 33.3 Å². The summed E-state index contributed by atoms with van der Waals surface area (Å²) >= 11 is 0. The van der Waals surface area contributed by atoms with Gasteiger partial charge in [0.15, 0.2) is 11.9 Å². The summed E-state index contributed by atoms with van der Waals surface area (Å²) in [6.45, 7) is 25.3. The van der Waals surface area contributed by atoms with Crippen LogP contribution in [0.25, 0.3) is 0 Å². The van der Waals surface area contributed by atoms with Gasteiger partial charge in [-0.15, -0.1) is 0 Å². The number of ether oxygens (including phenoxy) is 6. The summed E-state index contributed by atoms with van der Waals surface area (Å²) in [6.07, 6.45) is 27.7. The second-order valence-corrected chi connectivity index (χ2v) is 17.5. The van der Waals surface area contributed by atoms with E-state index in [9.17, 15) is 28.8 Å². The van der Waals surface area contributed by atoms with Crippen LogP contribution in [0.5, 0.6) is 0 Å². The van der Waals surface area contributed by atoms with Crippen molar-refractivity contribution in [2.24, 2.45) is 5.92 Å². The fraction of sp³-hybridized carbons (Fsp3) is 0.792. The Morgan fingerprint density at radius 1 is 0.537 bits per heavy atom. The molecule has 13 nitrogen and oxygen atoms in total. The van der Waals surface area contributed by atoms with Gasteiger partial charge in [0.2, 0.25) is 5.91 Å². The number of hydrogen-bond donors (Lipinski definition) is 0. The normalized spacial score (nSPS) is 14.1. The Morgan fingerprint density at radius 3 is 1.39 bits per heavy atom. The van der Waals surface area contributed by atoms with Crippen LogP contribution < -0.4 is 0 Å². The molecule has 1 saturated heterocycles. The molecule has 1 fully saturated rings. The minimum atomic E-state index is -0.682. The van der Waals surface area contributed by atoms with Crippen LogP contribution in [0.1, 0.15) is 214 Å². The predicted molar refractivity (Wildman–Crippen MR) is 262 cm³/mol. The first-order valence-corrected chi connectivity index (χ1v) is 25.6. The first-order chi connectivity index (χ1) is 31.7. The molecular formula is C53H94NO12W-3. The molecule has 14 heteroatoms. The van der Waals surface area contributed by atoms with E-state index in [2.05, 4.69) is 55.0 Å². The Kier molecular flexibility index (Phi) is 49.8. The number of hydrogen-bond acceptors (Lipinski definition) is 12. The van der Waals surface area contributed by atoms with Crippen LogP contribution in [-0.2, 0) is 78.3 Å². The zero-order valence-electron chi connectivity index (χ0n) is 42.9. The van der Waals surface area contributed by atoms with Crippen LogP contribution >= 0.6 is 0 Å². The van der Waals surface area contributed by atoms with Gasteiger partial charge in [0.1, 0.15) is 12.7 Å². The second kappa shape index (κ2) is 49.1. The predicted octanol–water partition coefficient (Wildman–Crippen LogP) is 11.9. The molecule has 0 aliphatic carbocycles. The monoisotopic (exact) mass is 1120 g/mol. The molecule has 1 aliphatic rings. The molecule has 0 aromatic carbocycles. The molecule has 0 radical (unpaired) electrons. The van der Waals surface area contributed by atoms with Gasteiger partial charge in [-0.3, -0.25) is 42.6 Å². The molecule has 0 spiro atoms. The number of nitrogens with zero attached hydrogens (tertiary/aromatic N) is 1. The molecule has 0 saturated carbocycles. The van der Waals surface area contributed by atoms with Crippen molar-refractivity contribution in [2.75, 3.05) is 39.6 Å². The van der Waals surface area contributed by atoms with E-state index in [1.54, 1.807) is 0 Å². The van der Waals surface area contributed by atoms with Crippen molar-refractivity contribution in [3.8, 4) is 0 Å². The maximum absolute atomic E-state index is 12.7. The topological polar surface area (TPSA) is 161 Å².